The predicted molar refractivity (Wildman–Crippen MR) is 146 cm³/mol. The van der Waals surface area contributed by atoms with Crippen LogP contribution in [0.2, 0.25) is 5.02 Å². The summed E-state index contributed by atoms with van der Waals surface area (Å²) in [5.41, 5.74) is 2.11. The van der Waals surface area contributed by atoms with Gasteiger partial charge in [-0.15, -0.1) is 0 Å². The molecule has 0 saturated carbocycles. The van der Waals surface area contributed by atoms with Crippen molar-refractivity contribution in [1.29, 1.82) is 0 Å². The van der Waals surface area contributed by atoms with E-state index in [0.29, 0.717) is 30.5 Å². The molecular formula is C29H32ClN3O4. The van der Waals surface area contributed by atoms with Crippen LogP contribution in [0, 0.1) is 0 Å². The van der Waals surface area contributed by atoms with Crippen LogP contribution in [0.3, 0.4) is 0 Å². The maximum absolute atomic E-state index is 12.0. The number of nitrogens with one attached hydrogen (secondary N) is 1. The first-order valence-corrected chi connectivity index (χ1v) is 12.9. The Kier molecular flexibility index (Phi) is 9.66. The summed E-state index contributed by atoms with van der Waals surface area (Å²) < 4.78 is 18.9. The average molecular weight is 522 g/mol. The smallest absolute Gasteiger partial charge is 0.257 e. The molecule has 0 saturated heterocycles. The molecule has 1 amide bonds. The Morgan fingerprint density at radius 3 is 2.38 bits per heavy atom. The maximum Gasteiger partial charge on any atom is 0.257 e. The molecule has 194 valence electrons. The second-order valence-electron chi connectivity index (χ2n) is 8.60. The van der Waals surface area contributed by atoms with Crippen LogP contribution < -0.4 is 19.5 Å². The van der Waals surface area contributed by atoms with Crippen LogP contribution >= 0.6 is 11.6 Å². The van der Waals surface area contributed by atoms with Gasteiger partial charge in [0.2, 0.25) is 0 Å². The molecule has 3 aromatic carbocycles. The van der Waals surface area contributed by atoms with E-state index in [2.05, 4.69) is 16.0 Å². The van der Waals surface area contributed by atoms with E-state index in [1.54, 1.807) is 31.4 Å². The van der Waals surface area contributed by atoms with E-state index < -0.39 is 0 Å². The number of hydrogen-bond acceptors (Lipinski definition) is 5. The fourth-order valence-electron chi connectivity index (χ4n) is 4.04. The number of carbonyl (C=O) groups is 1. The number of nitrogens with zero attached hydrogens (tertiary/aromatic N) is 2. The molecule has 0 aliphatic rings. The quantitative estimate of drug-likeness (QED) is 0.216. The van der Waals surface area contributed by atoms with Gasteiger partial charge in [-0.05, 0) is 73.5 Å². The zero-order chi connectivity index (χ0) is 25.9. The summed E-state index contributed by atoms with van der Waals surface area (Å²) in [5, 5.41) is 3.54. The highest BCUT2D eigenvalue weighted by atomic mass is 35.5. The number of amides is 1. The van der Waals surface area contributed by atoms with Crippen molar-refractivity contribution >= 4 is 28.5 Å². The summed E-state index contributed by atoms with van der Waals surface area (Å²) in [7, 11) is 1.65. The lowest BCUT2D eigenvalue weighted by Crippen LogP contribution is -2.29. The molecule has 1 aromatic heterocycles. The van der Waals surface area contributed by atoms with Crippen molar-refractivity contribution < 1.29 is 19.0 Å². The molecule has 0 atom stereocenters. The SMILES string of the molecule is COc1ccc(OCCn2c(CCCCCNC(=O)COc3ccc(Cl)cc3)nc3ccccc32)cc1. The molecule has 4 aromatic rings. The third kappa shape index (κ3) is 7.89. The van der Waals surface area contributed by atoms with Gasteiger partial charge >= 0.3 is 0 Å². The van der Waals surface area contributed by atoms with Crippen molar-refractivity contribution in [3.63, 3.8) is 0 Å². The fraction of sp³-hybridized carbons (Fsp3) is 0.310. The number of fused-ring (bicyclic) bond motifs is 1. The van der Waals surface area contributed by atoms with Crippen LogP contribution in [0.4, 0.5) is 0 Å². The molecule has 0 bridgehead atoms. The Bertz CT molecular complexity index is 1270. The van der Waals surface area contributed by atoms with Crippen molar-refractivity contribution in [3.8, 4) is 17.2 Å². The first-order valence-electron chi connectivity index (χ1n) is 12.5. The van der Waals surface area contributed by atoms with E-state index in [1.807, 2.05) is 42.5 Å². The van der Waals surface area contributed by atoms with Gasteiger partial charge in [-0.25, -0.2) is 4.98 Å². The van der Waals surface area contributed by atoms with E-state index in [-0.39, 0.29) is 12.5 Å². The molecule has 0 radical (unpaired) electrons. The fourth-order valence-corrected chi connectivity index (χ4v) is 4.16. The van der Waals surface area contributed by atoms with Gasteiger partial charge in [0.05, 0.1) is 24.7 Å². The second kappa shape index (κ2) is 13.6. The first-order chi connectivity index (χ1) is 18.1. The number of rotatable bonds is 14. The third-order valence-electron chi connectivity index (χ3n) is 5.96. The number of imidazole rings is 1. The lowest BCUT2D eigenvalue weighted by atomic mass is 10.2. The van der Waals surface area contributed by atoms with Gasteiger partial charge < -0.3 is 24.1 Å². The van der Waals surface area contributed by atoms with Crippen LogP contribution in [0.1, 0.15) is 25.1 Å². The van der Waals surface area contributed by atoms with E-state index in [1.165, 1.54) is 0 Å². The number of para-hydroxylation sites is 2. The number of methoxy groups -OCH3 is 1. The van der Waals surface area contributed by atoms with Crippen molar-refractivity contribution in [2.24, 2.45) is 0 Å². The van der Waals surface area contributed by atoms with Crippen molar-refractivity contribution in [1.82, 2.24) is 14.9 Å². The molecule has 0 spiro atoms. The van der Waals surface area contributed by atoms with Crippen molar-refractivity contribution in [3.05, 3.63) is 83.6 Å². The minimum absolute atomic E-state index is 0.00967. The Labute approximate surface area is 222 Å². The van der Waals surface area contributed by atoms with Gasteiger partial charge in [-0.2, -0.15) is 0 Å². The van der Waals surface area contributed by atoms with Crippen LogP contribution in [-0.4, -0.2) is 42.3 Å². The van der Waals surface area contributed by atoms with Gasteiger partial charge in [-0.1, -0.05) is 30.2 Å². The van der Waals surface area contributed by atoms with Crippen LogP contribution in [0.25, 0.3) is 11.0 Å². The molecule has 7 nitrogen and oxygen atoms in total. The molecule has 0 fully saturated rings. The molecule has 0 aliphatic carbocycles. The van der Waals surface area contributed by atoms with Gasteiger partial charge in [0, 0.05) is 18.0 Å². The molecule has 0 aliphatic heterocycles. The number of hydrogen-bond donors (Lipinski definition) is 1. The molecule has 0 unspecified atom stereocenters. The minimum Gasteiger partial charge on any atom is -0.497 e. The van der Waals surface area contributed by atoms with Crippen molar-refractivity contribution in [2.45, 2.75) is 32.2 Å². The molecular weight excluding hydrogens is 490 g/mol. The van der Waals surface area contributed by atoms with E-state index >= 15 is 0 Å². The van der Waals surface area contributed by atoms with Crippen molar-refractivity contribution in [2.75, 3.05) is 26.9 Å². The normalized spacial score (nSPS) is 10.9. The summed E-state index contributed by atoms with van der Waals surface area (Å²) in [6.07, 6.45) is 3.74. The Hall–Kier alpha value is -3.71. The number of aryl methyl sites for hydroxylation is 1. The lowest BCUT2D eigenvalue weighted by molar-refractivity contribution is -0.123. The predicted octanol–water partition coefficient (Wildman–Crippen LogP) is 5.69. The Balaban J connectivity index is 1.20. The molecule has 1 heterocycles. The number of benzene rings is 3. The zero-order valence-corrected chi connectivity index (χ0v) is 21.7. The lowest BCUT2D eigenvalue weighted by Gasteiger charge is -2.11. The molecule has 1 N–H and O–H groups in total. The summed E-state index contributed by atoms with van der Waals surface area (Å²) in [4.78, 5) is 16.9. The van der Waals surface area contributed by atoms with Gasteiger partial charge in [0.15, 0.2) is 6.61 Å². The van der Waals surface area contributed by atoms with Crippen LogP contribution in [0.15, 0.2) is 72.8 Å². The molecule has 4 rings (SSSR count). The highest BCUT2D eigenvalue weighted by molar-refractivity contribution is 6.30. The highest BCUT2D eigenvalue weighted by Gasteiger charge is 2.11. The summed E-state index contributed by atoms with van der Waals surface area (Å²) in [6.45, 7) is 1.87. The summed E-state index contributed by atoms with van der Waals surface area (Å²) >= 11 is 5.86. The zero-order valence-electron chi connectivity index (χ0n) is 21.0. The topological polar surface area (TPSA) is 74.6 Å². The summed E-state index contributed by atoms with van der Waals surface area (Å²) in [6, 6.07) is 22.7. The van der Waals surface area contributed by atoms with E-state index in [9.17, 15) is 4.79 Å². The number of ether oxygens (including phenoxy) is 3. The molecule has 37 heavy (non-hydrogen) atoms. The minimum atomic E-state index is -0.131. The number of carbonyl (C=O) groups excluding carboxylic acids is 1. The Morgan fingerprint density at radius 1 is 0.892 bits per heavy atom. The first kappa shape index (κ1) is 26.4. The highest BCUT2D eigenvalue weighted by Crippen LogP contribution is 2.20. The maximum atomic E-state index is 12.0. The largest absolute Gasteiger partial charge is 0.497 e. The third-order valence-corrected chi connectivity index (χ3v) is 6.21. The molecule has 8 heteroatoms. The van der Waals surface area contributed by atoms with E-state index in [4.69, 9.17) is 30.8 Å². The average Bonchev–Trinajstić information content (AvgIpc) is 3.28. The second-order valence-corrected chi connectivity index (χ2v) is 9.03. The van der Waals surface area contributed by atoms with E-state index in [0.717, 1.165) is 54.0 Å². The monoisotopic (exact) mass is 521 g/mol. The number of aromatic nitrogens is 2. The van der Waals surface area contributed by atoms with Gasteiger partial charge in [0.1, 0.15) is 29.7 Å². The van der Waals surface area contributed by atoms with Gasteiger partial charge in [0.25, 0.3) is 5.91 Å². The van der Waals surface area contributed by atoms with Gasteiger partial charge in [-0.3, -0.25) is 4.79 Å². The van der Waals surface area contributed by atoms with Crippen LogP contribution in [-0.2, 0) is 17.8 Å². The summed E-state index contributed by atoms with van der Waals surface area (Å²) in [5.74, 6) is 3.17. The number of unbranched alkanes of at least 4 members (excludes halogenated alkanes) is 2. The number of halogens is 1. The Morgan fingerprint density at radius 2 is 1.59 bits per heavy atom. The standard InChI is InChI=1S/C29H32ClN3O4/c1-35-23-14-16-24(17-15-23)36-20-19-33-27-8-5-4-7-26(27)32-28(33)9-3-2-6-18-31-29(34)21-37-25-12-10-22(30)11-13-25/h4-5,7-8,10-17H,2-3,6,9,18-21H2,1H3,(H,31,34). The van der Waals surface area contributed by atoms with Crippen LogP contribution in [0.5, 0.6) is 17.2 Å².